The van der Waals surface area contributed by atoms with Crippen molar-refractivity contribution < 1.29 is 14.6 Å². The fourth-order valence-electron chi connectivity index (χ4n) is 3.33. The van der Waals surface area contributed by atoms with Crippen LogP contribution in [0, 0.1) is 6.92 Å². The van der Waals surface area contributed by atoms with E-state index in [2.05, 4.69) is 4.90 Å². The number of aliphatic hydroxyl groups is 1. The third-order valence-electron chi connectivity index (χ3n) is 4.57. The van der Waals surface area contributed by atoms with Crippen molar-refractivity contribution in [2.24, 2.45) is 5.73 Å². The first-order valence-electron chi connectivity index (χ1n) is 8.59. The van der Waals surface area contributed by atoms with Gasteiger partial charge in [-0.15, -0.1) is 0 Å². The van der Waals surface area contributed by atoms with Crippen molar-refractivity contribution in [3.05, 3.63) is 59.2 Å². The second-order valence-corrected chi connectivity index (χ2v) is 6.45. The lowest BCUT2D eigenvalue weighted by molar-refractivity contribution is 0.0999. The fourth-order valence-corrected chi connectivity index (χ4v) is 3.33. The van der Waals surface area contributed by atoms with E-state index in [-0.39, 0.29) is 6.61 Å². The van der Waals surface area contributed by atoms with Crippen molar-refractivity contribution >= 4 is 11.6 Å². The summed E-state index contributed by atoms with van der Waals surface area (Å²) in [5.74, 6) is 0.388. The predicted molar refractivity (Wildman–Crippen MR) is 98.2 cm³/mol. The number of benzene rings is 2. The Kier molecular flexibility index (Phi) is 5.24. The molecule has 0 spiro atoms. The van der Waals surface area contributed by atoms with Gasteiger partial charge in [-0.25, -0.2) is 0 Å². The van der Waals surface area contributed by atoms with Gasteiger partial charge in [-0.3, -0.25) is 4.79 Å². The normalized spacial score (nSPS) is 14.7. The van der Waals surface area contributed by atoms with Gasteiger partial charge >= 0.3 is 0 Å². The molecular weight excluding hydrogens is 316 g/mol. The Bertz CT molecular complexity index is 760. The van der Waals surface area contributed by atoms with Crippen LogP contribution >= 0.6 is 0 Å². The minimum atomic E-state index is -0.622. The van der Waals surface area contributed by atoms with Crippen molar-refractivity contribution in [3.8, 4) is 5.75 Å². The summed E-state index contributed by atoms with van der Waals surface area (Å²) >= 11 is 0. The number of rotatable bonds is 6. The van der Waals surface area contributed by atoms with Crippen LogP contribution in [0.25, 0.3) is 0 Å². The highest BCUT2D eigenvalue weighted by atomic mass is 16.5. The van der Waals surface area contributed by atoms with Crippen LogP contribution in [0.15, 0.2) is 42.5 Å². The lowest BCUT2D eigenvalue weighted by Crippen LogP contribution is -2.39. The Labute approximate surface area is 148 Å². The summed E-state index contributed by atoms with van der Waals surface area (Å²) in [5, 5.41) is 10.4. The number of nitrogens with two attached hydrogens (primary N) is 1. The second-order valence-electron chi connectivity index (χ2n) is 6.45. The van der Waals surface area contributed by atoms with Crippen LogP contribution in [-0.4, -0.2) is 36.8 Å². The van der Waals surface area contributed by atoms with Crippen LogP contribution in [0.2, 0.25) is 0 Å². The molecular formula is C20H24N2O3. The van der Waals surface area contributed by atoms with Gasteiger partial charge in [-0.2, -0.15) is 0 Å². The molecule has 0 aromatic heterocycles. The molecule has 1 amide bonds. The summed E-state index contributed by atoms with van der Waals surface area (Å²) in [7, 11) is 0. The van der Waals surface area contributed by atoms with Crippen LogP contribution in [0.5, 0.6) is 5.75 Å². The van der Waals surface area contributed by atoms with Crippen molar-refractivity contribution in [2.45, 2.75) is 25.9 Å². The molecule has 1 aliphatic rings. The monoisotopic (exact) mass is 340 g/mol. The quantitative estimate of drug-likeness (QED) is 0.846. The number of hydrogen-bond acceptors (Lipinski definition) is 4. The SMILES string of the molecule is Cc1ccccc1OCC(O)CN1CCCc2c(C(N)=O)cccc21. The number of para-hydroxylation sites is 1. The van der Waals surface area contributed by atoms with E-state index >= 15 is 0 Å². The second kappa shape index (κ2) is 7.57. The van der Waals surface area contributed by atoms with Gasteiger partial charge in [-0.1, -0.05) is 24.3 Å². The highest BCUT2D eigenvalue weighted by Crippen LogP contribution is 2.30. The van der Waals surface area contributed by atoms with E-state index in [1.54, 1.807) is 6.07 Å². The number of ether oxygens (including phenoxy) is 1. The average Bonchev–Trinajstić information content (AvgIpc) is 2.60. The summed E-state index contributed by atoms with van der Waals surface area (Å²) in [4.78, 5) is 13.7. The largest absolute Gasteiger partial charge is 0.491 e. The zero-order valence-electron chi connectivity index (χ0n) is 14.4. The van der Waals surface area contributed by atoms with E-state index in [1.165, 1.54) is 0 Å². The molecule has 1 heterocycles. The van der Waals surface area contributed by atoms with E-state index in [4.69, 9.17) is 10.5 Å². The molecule has 5 nitrogen and oxygen atoms in total. The molecule has 132 valence electrons. The van der Waals surface area contributed by atoms with E-state index < -0.39 is 12.0 Å². The van der Waals surface area contributed by atoms with E-state index in [1.807, 2.05) is 43.3 Å². The smallest absolute Gasteiger partial charge is 0.249 e. The van der Waals surface area contributed by atoms with Crippen LogP contribution in [0.3, 0.4) is 0 Å². The number of hydrogen-bond donors (Lipinski definition) is 2. The van der Waals surface area contributed by atoms with Gasteiger partial charge in [0, 0.05) is 24.3 Å². The van der Waals surface area contributed by atoms with Gasteiger partial charge in [0.1, 0.15) is 18.5 Å². The van der Waals surface area contributed by atoms with Crippen molar-refractivity contribution in [1.29, 1.82) is 0 Å². The number of anilines is 1. The average molecular weight is 340 g/mol. The standard InChI is InChI=1S/C20H24N2O3/c1-14-6-2-3-10-19(14)25-13-15(23)12-22-11-5-8-16-17(20(21)24)7-4-9-18(16)22/h2-4,6-7,9-10,15,23H,5,8,11-13H2,1H3,(H2,21,24). The van der Waals surface area contributed by atoms with Crippen molar-refractivity contribution in [1.82, 2.24) is 0 Å². The van der Waals surface area contributed by atoms with Crippen LogP contribution in [-0.2, 0) is 6.42 Å². The number of β-amino-alcohol motifs (C(OH)–C–C–N with tert-alkyl or cyclic N) is 1. The van der Waals surface area contributed by atoms with Gasteiger partial charge in [-0.05, 0) is 49.1 Å². The molecule has 5 heteroatoms. The van der Waals surface area contributed by atoms with Crippen LogP contribution in [0.4, 0.5) is 5.69 Å². The topological polar surface area (TPSA) is 75.8 Å². The van der Waals surface area contributed by atoms with Gasteiger partial charge in [0.2, 0.25) is 5.91 Å². The Morgan fingerprint density at radius 3 is 2.84 bits per heavy atom. The highest BCUT2D eigenvalue weighted by Gasteiger charge is 2.23. The third-order valence-corrected chi connectivity index (χ3v) is 4.57. The highest BCUT2D eigenvalue weighted by molar-refractivity contribution is 5.96. The van der Waals surface area contributed by atoms with Crippen LogP contribution < -0.4 is 15.4 Å². The first-order valence-corrected chi connectivity index (χ1v) is 8.59. The summed E-state index contributed by atoms with van der Waals surface area (Å²) in [6, 6.07) is 13.3. The summed E-state index contributed by atoms with van der Waals surface area (Å²) in [5.41, 5.74) is 9.07. The van der Waals surface area contributed by atoms with Gasteiger partial charge < -0.3 is 20.5 Å². The maximum Gasteiger partial charge on any atom is 0.249 e. The van der Waals surface area contributed by atoms with Crippen molar-refractivity contribution in [3.63, 3.8) is 0 Å². The Balaban J connectivity index is 1.67. The molecule has 0 saturated carbocycles. The Hall–Kier alpha value is -2.53. The molecule has 1 atom stereocenters. The zero-order valence-corrected chi connectivity index (χ0v) is 14.4. The number of aliphatic hydroxyl groups excluding tert-OH is 1. The molecule has 25 heavy (non-hydrogen) atoms. The molecule has 0 saturated heterocycles. The summed E-state index contributed by atoms with van der Waals surface area (Å²) < 4.78 is 5.74. The first-order chi connectivity index (χ1) is 12.1. The number of primary amides is 1. The molecule has 3 N–H and O–H groups in total. The van der Waals surface area contributed by atoms with Gasteiger partial charge in [0.15, 0.2) is 0 Å². The predicted octanol–water partition coefficient (Wildman–Crippen LogP) is 2.29. The molecule has 1 unspecified atom stereocenters. The minimum Gasteiger partial charge on any atom is -0.491 e. The number of fused-ring (bicyclic) bond motifs is 1. The number of carbonyl (C=O) groups excluding carboxylic acids is 1. The molecule has 2 aromatic carbocycles. The first kappa shape index (κ1) is 17.3. The lowest BCUT2D eigenvalue weighted by atomic mass is 9.95. The Morgan fingerprint density at radius 1 is 1.28 bits per heavy atom. The van der Waals surface area contributed by atoms with Crippen LogP contribution in [0.1, 0.15) is 27.9 Å². The maximum atomic E-state index is 11.6. The molecule has 0 bridgehead atoms. The molecule has 2 aromatic rings. The minimum absolute atomic E-state index is 0.228. The van der Waals surface area contributed by atoms with Gasteiger partial charge in [0.05, 0.1) is 0 Å². The molecule has 1 aliphatic heterocycles. The third kappa shape index (κ3) is 3.94. The molecule has 0 fully saturated rings. The lowest BCUT2D eigenvalue weighted by Gasteiger charge is -2.33. The molecule has 0 radical (unpaired) electrons. The fraction of sp³-hybridized carbons (Fsp3) is 0.350. The van der Waals surface area contributed by atoms with E-state index in [9.17, 15) is 9.90 Å². The van der Waals surface area contributed by atoms with E-state index in [0.29, 0.717) is 12.1 Å². The van der Waals surface area contributed by atoms with E-state index in [0.717, 1.165) is 42.0 Å². The summed E-state index contributed by atoms with van der Waals surface area (Å²) in [6.45, 7) is 3.51. The number of carbonyl (C=O) groups is 1. The maximum absolute atomic E-state index is 11.6. The number of aryl methyl sites for hydroxylation is 1. The Morgan fingerprint density at radius 2 is 2.08 bits per heavy atom. The molecule has 0 aliphatic carbocycles. The van der Waals surface area contributed by atoms with Gasteiger partial charge in [0.25, 0.3) is 0 Å². The number of amides is 1. The molecule has 3 rings (SSSR count). The van der Waals surface area contributed by atoms with Crippen molar-refractivity contribution in [2.75, 3.05) is 24.6 Å². The zero-order chi connectivity index (χ0) is 17.8. The number of nitrogens with zero attached hydrogens (tertiary/aromatic N) is 1. The summed E-state index contributed by atoms with van der Waals surface area (Å²) in [6.07, 6.45) is 1.14.